The molecular formula is C24H29N5OS. The molecule has 1 amide bonds. The number of carbonyl (C=O) groups excluding carboxylic acids is 1. The molecule has 1 aliphatic rings. The summed E-state index contributed by atoms with van der Waals surface area (Å²) in [5, 5.41) is 12.8. The Morgan fingerprint density at radius 3 is 2.45 bits per heavy atom. The van der Waals surface area contributed by atoms with Crippen LogP contribution in [0.15, 0.2) is 59.8 Å². The van der Waals surface area contributed by atoms with Crippen LogP contribution in [0.5, 0.6) is 0 Å². The van der Waals surface area contributed by atoms with Crippen molar-refractivity contribution < 1.29 is 4.79 Å². The van der Waals surface area contributed by atoms with E-state index in [-0.39, 0.29) is 11.9 Å². The van der Waals surface area contributed by atoms with Gasteiger partial charge in [0, 0.05) is 13.1 Å². The molecule has 1 aliphatic heterocycles. The quantitative estimate of drug-likeness (QED) is 0.552. The van der Waals surface area contributed by atoms with Gasteiger partial charge >= 0.3 is 0 Å². The van der Waals surface area contributed by atoms with Crippen molar-refractivity contribution in [2.45, 2.75) is 44.3 Å². The molecule has 1 atom stereocenters. The number of nitrogens with one attached hydrogen (secondary N) is 1. The largest absolute Gasteiger partial charge is 0.349 e. The second kappa shape index (κ2) is 10.0. The Balaban J connectivity index is 1.50. The van der Waals surface area contributed by atoms with E-state index in [1.807, 2.05) is 37.3 Å². The molecule has 1 unspecified atom stereocenters. The van der Waals surface area contributed by atoms with Crippen molar-refractivity contribution >= 4 is 23.6 Å². The van der Waals surface area contributed by atoms with Crippen molar-refractivity contribution in [2.75, 3.05) is 23.7 Å². The minimum atomic E-state index is -0.0341. The van der Waals surface area contributed by atoms with E-state index in [9.17, 15) is 4.79 Å². The van der Waals surface area contributed by atoms with Gasteiger partial charge in [-0.25, -0.2) is 0 Å². The van der Waals surface area contributed by atoms with E-state index in [0.717, 1.165) is 35.4 Å². The van der Waals surface area contributed by atoms with Crippen LogP contribution in [0.3, 0.4) is 0 Å². The number of aryl methyl sites for hydroxylation is 1. The number of rotatable bonds is 7. The molecule has 1 saturated heterocycles. The van der Waals surface area contributed by atoms with E-state index in [0.29, 0.717) is 5.75 Å². The van der Waals surface area contributed by atoms with Crippen LogP contribution in [0.4, 0.5) is 5.95 Å². The third-order valence-corrected chi connectivity index (χ3v) is 6.49. The molecule has 2 aromatic carbocycles. The smallest absolute Gasteiger partial charge is 0.232 e. The summed E-state index contributed by atoms with van der Waals surface area (Å²) in [7, 11) is 0. The zero-order valence-corrected chi connectivity index (χ0v) is 18.9. The van der Waals surface area contributed by atoms with Gasteiger partial charge in [0.1, 0.15) is 0 Å². The maximum Gasteiger partial charge on any atom is 0.232 e. The van der Waals surface area contributed by atoms with Crippen molar-refractivity contribution in [3.8, 4) is 5.69 Å². The predicted molar refractivity (Wildman–Crippen MR) is 126 cm³/mol. The number of nitrogens with zero attached hydrogens (tertiary/aromatic N) is 4. The molecule has 0 aliphatic carbocycles. The summed E-state index contributed by atoms with van der Waals surface area (Å²) in [4.78, 5) is 14.9. The molecule has 1 aromatic heterocycles. The average Bonchev–Trinajstić information content (AvgIpc) is 3.23. The van der Waals surface area contributed by atoms with Gasteiger partial charge in [-0.2, -0.15) is 0 Å². The topological polar surface area (TPSA) is 63.1 Å². The van der Waals surface area contributed by atoms with Crippen LogP contribution in [0.25, 0.3) is 5.69 Å². The Bertz CT molecular complexity index is 997. The zero-order valence-electron chi connectivity index (χ0n) is 18.1. The molecular weight excluding hydrogens is 406 g/mol. The number of piperidine rings is 1. The van der Waals surface area contributed by atoms with Gasteiger partial charge in [0.25, 0.3) is 0 Å². The highest BCUT2D eigenvalue weighted by atomic mass is 32.2. The summed E-state index contributed by atoms with van der Waals surface area (Å²) < 4.78 is 2.09. The molecule has 0 bridgehead atoms. The fourth-order valence-electron chi connectivity index (χ4n) is 3.81. The van der Waals surface area contributed by atoms with Crippen LogP contribution in [-0.4, -0.2) is 39.5 Å². The summed E-state index contributed by atoms with van der Waals surface area (Å²) in [5.41, 5.74) is 3.33. The Morgan fingerprint density at radius 2 is 1.74 bits per heavy atom. The highest BCUT2D eigenvalue weighted by molar-refractivity contribution is 7.99. The lowest BCUT2D eigenvalue weighted by molar-refractivity contribution is -0.119. The Hall–Kier alpha value is -2.80. The molecule has 1 fully saturated rings. The van der Waals surface area contributed by atoms with Gasteiger partial charge < -0.3 is 10.2 Å². The molecule has 4 rings (SSSR count). The van der Waals surface area contributed by atoms with Crippen molar-refractivity contribution in [3.05, 3.63) is 65.7 Å². The maximum absolute atomic E-state index is 12.6. The van der Waals surface area contributed by atoms with Crippen molar-refractivity contribution in [1.29, 1.82) is 0 Å². The molecule has 2 heterocycles. The number of hydrogen-bond acceptors (Lipinski definition) is 5. The van der Waals surface area contributed by atoms with Gasteiger partial charge in [-0.1, -0.05) is 59.8 Å². The number of aromatic nitrogens is 3. The Labute approximate surface area is 188 Å². The SMILES string of the molecule is Cc1ccc(-n2c(SCC(=O)NC(C)c3ccccc3)nnc2N2CCCCC2)cc1. The van der Waals surface area contributed by atoms with Crippen molar-refractivity contribution in [1.82, 2.24) is 20.1 Å². The Kier molecular flexibility index (Phi) is 6.92. The number of anilines is 1. The van der Waals surface area contributed by atoms with E-state index in [4.69, 9.17) is 0 Å². The van der Waals surface area contributed by atoms with Crippen molar-refractivity contribution in [2.24, 2.45) is 0 Å². The van der Waals surface area contributed by atoms with Crippen molar-refractivity contribution in [3.63, 3.8) is 0 Å². The van der Waals surface area contributed by atoms with Crippen LogP contribution in [0, 0.1) is 6.92 Å². The lowest BCUT2D eigenvalue weighted by Crippen LogP contribution is -2.31. The van der Waals surface area contributed by atoms with E-state index in [1.165, 1.54) is 36.6 Å². The molecule has 6 nitrogen and oxygen atoms in total. The third-order valence-electron chi connectivity index (χ3n) is 5.56. The highest BCUT2D eigenvalue weighted by Crippen LogP contribution is 2.28. The minimum absolute atomic E-state index is 0.0145. The second-order valence-corrected chi connectivity index (χ2v) is 8.93. The molecule has 7 heteroatoms. The summed E-state index contributed by atoms with van der Waals surface area (Å²) in [6, 6.07) is 18.3. The van der Waals surface area contributed by atoms with E-state index in [1.54, 1.807) is 0 Å². The Morgan fingerprint density at radius 1 is 1.03 bits per heavy atom. The highest BCUT2D eigenvalue weighted by Gasteiger charge is 2.22. The van der Waals surface area contributed by atoms with Gasteiger partial charge in [-0.15, -0.1) is 10.2 Å². The number of carbonyl (C=O) groups is 1. The molecule has 3 aromatic rings. The third kappa shape index (κ3) is 5.28. The van der Waals surface area contributed by atoms with E-state index in [2.05, 4.69) is 56.2 Å². The first-order valence-electron chi connectivity index (χ1n) is 10.9. The zero-order chi connectivity index (χ0) is 21.6. The first-order valence-corrected chi connectivity index (χ1v) is 11.8. The molecule has 0 spiro atoms. The monoisotopic (exact) mass is 435 g/mol. The standard InChI is InChI=1S/C24H29N5OS/c1-18-11-13-21(14-12-18)29-23(28-15-7-4-8-16-28)26-27-24(29)31-17-22(30)25-19(2)20-9-5-3-6-10-20/h3,5-6,9-14,19H,4,7-8,15-17H2,1-2H3,(H,25,30). The first kappa shape index (κ1) is 21.4. The number of benzene rings is 2. The predicted octanol–water partition coefficient (Wildman–Crippen LogP) is 4.54. The maximum atomic E-state index is 12.6. The summed E-state index contributed by atoms with van der Waals surface area (Å²) in [6.45, 7) is 6.06. The molecule has 31 heavy (non-hydrogen) atoms. The molecule has 0 radical (unpaired) electrons. The fraction of sp³-hybridized carbons (Fsp3) is 0.375. The summed E-state index contributed by atoms with van der Waals surface area (Å²) in [5.74, 6) is 1.14. The summed E-state index contributed by atoms with van der Waals surface area (Å²) >= 11 is 1.43. The van der Waals surface area contributed by atoms with Crippen LogP contribution in [0.2, 0.25) is 0 Å². The van der Waals surface area contributed by atoms with Gasteiger partial charge in [0.15, 0.2) is 5.16 Å². The van der Waals surface area contributed by atoms with Crippen LogP contribution in [-0.2, 0) is 4.79 Å². The van der Waals surface area contributed by atoms with Gasteiger partial charge in [0.2, 0.25) is 11.9 Å². The average molecular weight is 436 g/mol. The molecule has 162 valence electrons. The normalized spacial score (nSPS) is 15.0. The first-order chi connectivity index (χ1) is 15.1. The van der Waals surface area contributed by atoms with E-state index < -0.39 is 0 Å². The van der Waals surface area contributed by atoms with Crippen LogP contribution >= 0.6 is 11.8 Å². The number of hydrogen-bond donors (Lipinski definition) is 1. The van der Waals surface area contributed by atoms with Crippen LogP contribution in [0.1, 0.15) is 43.4 Å². The van der Waals surface area contributed by atoms with Gasteiger partial charge in [-0.05, 0) is 50.8 Å². The lowest BCUT2D eigenvalue weighted by atomic mass is 10.1. The fourth-order valence-corrected chi connectivity index (χ4v) is 4.57. The van der Waals surface area contributed by atoms with E-state index >= 15 is 0 Å². The van der Waals surface area contributed by atoms with Gasteiger partial charge in [-0.3, -0.25) is 9.36 Å². The van der Waals surface area contributed by atoms with Crippen LogP contribution < -0.4 is 10.2 Å². The molecule has 0 saturated carbocycles. The number of amides is 1. The number of thioether (sulfide) groups is 1. The van der Waals surface area contributed by atoms with Gasteiger partial charge in [0.05, 0.1) is 17.5 Å². The molecule has 1 N–H and O–H groups in total. The minimum Gasteiger partial charge on any atom is -0.349 e. The summed E-state index contributed by atoms with van der Waals surface area (Å²) in [6.07, 6.45) is 3.60. The second-order valence-electron chi connectivity index (χ2n) is 7.99. The lowest BCUT2D eigenvalue weighted by Gasteiger charge is -2.27.